The summed E-state index contributed by atoms with van der Waals surface area (Å²) in [4.78, 5) is 36.2. The van der Waals surface area contributed by atoms with Crippen molar-refractivity contribution in [2.24, 2.45) is 0 Å². The molecule has 8 heteroatoms. The molecule has 0 saturated carbocycles. The molecule has 0 spiro atoms. The molecule has 0 N–H and O–H groups in total. The maximum absolute atomic E-state index is 12.5. The van der Waals surface area contributed by atoms with Gasteiger partial charge < -0.3 is 28.6 Å². The first-order valence-corrected chi connectivity index (χ1v) is 16.2. The fourth-order valence-corrected chi connectivity index (χ4v) is 4.52. The van der Waals surface area contributed by atoms with Crippen molar-refractivity contribution in [2.75, 3.05) is 41.0 Å². The predicted molar refractivity (Wildman–Crippen MR) is 162 cm³/mol. The summed E-state index contributed by atoms with van der Waals surface area (Å²) in [5, 5.41) is 11.5. The van der Waals surface area contributed by atoms with Crippen LogP contribution in [0.15, 0.2) is 12.2 Å². The van der Waals surface area contributed by atoms with Crippen LogP contribution in [0.5, 0.6) is 0 Å². The number of aliphatic carboxylic acids is 1. The van der Waals surface area contributed by atoms with Crippen LogP contribution in [-0.4, -0.2) is 75.5 Å². The molecule has 0 aliphatic carbocycles. The number of likely N-dealkylation sites (N-methyl/N-ethyl adjacent to an activating group) is 1. The second kappa shape index (κ2) is 25.8. The van der Waals surface area contributed by atoms with Gasteiger partial charge >= 0.3 is 11.9 Å². The van der Waals surface area contributed by atoms with Crippen molar-refractivity contribution in [3.8, 4) is 0 Å². The maximum Gasteiger partial charge on any atom is 0.306 e. The molecule has 8 nitrogen and oxygen atoms in total. The number of carboxylic acid groups (broad SMARTS) is 1. The normalized spacial score (nSPS) is 13.3. The summed E-state index contributed by atoms with van der Waals surface area (Å²) in [6.07, 6.45) is 21.1. The van der Waals surface area contributed by atoms with Gasteiger partial charge in [0, 0.05) is 19.3 Å². The summed E-state index contributed by atoms with van der Waals surface area (Å²) < 4.78 is 16.9. The van der Waals surface area contributed by atoms with E-state index < -0.39 is 18.1 Å². The number of rotatable bonds is 28. The summed E-state index contributed by atoms with van der Waals surface area (Å²) in [6, 6.07) is -0.719. The van der Waals surface area contributed by atoms with Gasteiger partial charge in [-0.15, -0.1) is 0 Å². The lowest BCUT2D eigenvalue weighted by molar-refractivity contribution is -0.889. The van der Waals surface area contributed by atoms with Crippen molar-refractivity contribution < 1.29 is 38.2 Å². The molecule has 41 heavy (non-hydrogen) atoms. The van der Waals surface area contributed by atoms with Gasteiger partial charge in [-0.05, 0) is 32.1 Å². The van der Waals surface area contributed by atoms with Gasteiger partial charge in [-0.25, -0.2) is 0 Å². The number of allylic oxidation sites excluding steroid dienone is 2. The number of nitrogens with zero attached hydrogens (tertiary/aromatic N) is 1. The standard InChI is InChI=1S/C33H61NO7/c1-6-8-10-12-14-15-16-18-19-21-23-31(35)40-28-29(27-39-26-25-30(33(37)38)34(3,4)5)41-32(36)24-22-20-17-13-11-9-7-2/h12,14,29-30H,6-11,13,15-28H2,1-5H3/b14-12+. The molecule has 2 atom stereocenters. The number of carbonyl (C=O) groups excluding carboxylic acids is 3. The number of unbranched alkanes of at least 4 members (excludes halogenated alkanes) is 12. The molecule has 0 bridgehead atoms. The van der Waals surface area contributed by atoms with Gasteiger partial charge in [0.2, 0.25) is 0 Å². The zero-order chi connectivity index (χ0) is 30.8. The molecule has 2 unspecified atom stereocenters. The van der Waals surface area contributed by atoms with Crippen LogP contribution >= 0.6 is 0 Å². The fourth-order valence-electron chi connectivity index (χ4n) is 4.52. The molecule has 0 rings (SSSR count). The summed E-state index contributed by atoms with van der Waals surface area (Å²) in [5.74, 6) is -1.76. The van der Waals surface area contributed by atoms with E-state index in [1.54, 1.807) is 21.1 Å². The van der Waals surface area contributed by atoms with Crippen LogP contribution in [0.2, 0.25) is 0 Å². The number of carbonyl (C=O) groups is 3. The first-order valence-electron chi connectivity index (χ1n) is 16.2. The van der Waals surface area contributed by atoms with Gasteiger partial charge in [-0.1, -0.05) is 90.2 Å². The van der Waals surface area contributed by atoms with Crippen molar-refractivity contribution in [1.82, 2.24) is 0 Å². The molecule has 0 radical (unpaired) electrons. The van der Waals surface area contributed by atoms with Crippen molar-refractivity contribution in [3.63, 3.8) is 0 Å². The van der Waals surface area contributed by atoms with Crippen LogP contribution in [0, 0.1) is 0 Å². The van der Waals surface area contributed by atoms with Crippen LogP contribution < -0.4 is 5.11 Å². The first-order chi connectivity index (χ1) is 19.6. The molecule has 0 amide bonds. The largest absolute Gasteiger partial charge is 0.544 e. The minimum atomic E-state index is -1.13. The number of hydrogen-bond donors (Lipinski definition) is 0. The number of carboxylic acids is 1. The Labute approximate surface area is 250 Å². The Morgan fingerprint density at radius 1 is 0.707 bits per heavy atom. The van der Waals surface area contributed by atoms with Crippen LogP contribution in [0.4, 0.5) is 0 Å². The van der Waals surface area contributed by atoms with E-state index in [4.69, 9.17) is 14.2 Å². The van der Waals surface area contributed by atoms with Gasteiger partial charge in [-0.2, -0.15) is 0 Å². The van der Waals surface area contributed by atoms with Crippen molar-refractivity contribution in [3.05, 3.63) is 12.2 Å². The lowest BCUT2D eigenvalue weighted by Crippen LogP contribution is -2.55. The number of hydrogen-bond acceptors (Lipinski definition) is 7. The van der Waals surface area contributed by atoms with E-state index in [1.807, 2.05) is 0 Å². The van der Waals surface area contributed by atoms with E-state index in [9.17, 15) is 19.5 Å². The maximum atomic E-state index is 12.5. The number of quaternary nitrogens is 1. The quantitative estimate of drug-likeness (QED) is 0.0489. The Morgan fingerprint density at radius 2 is 1.24 bits per heavy atom. The van der Waals surface area contributed by atoms with Crippen LogP contribution in [0.3, 0.4) is 0 Å². The molecule has 0 aromatic heterocycles. The van der Waals surface area contributed by atoms with Gasteiger partial charge in [0.05, 0.1) is 40.3 Å². The molecular weight excluding hydrogens is 522 g/mol. The monoisotopic (exact) mass is 583 g/mol. The van der Waals surface area contributed by atoms with Crippen molar-refractivity contribution >= 4 is 17.9 Å². The molecule has 0 aromatic rings. The number of esters is 2. The first kappa shape index (κ1) is 39.1. The van der Waals surface area contributed by atoms with E-state index in [2.05, 4.69) is 26.0 Å². The minimum Gasteiger partial charge on any atom is -0.544 e. The molecular formula is C33H61NO7. The van der Waals surface area contributed by atoms with E-state index in [0.717, 1.165) is 57.8 Å². The highest BCUT2D eigenvalue weighted by molar-refractivity contribution is 5.70. The topological polar surface area (TPSA) is 102 Å². The predicted octanol–water partition coefficient (Wildman–Crippen LogP) is 5.90. The van der Waals surface area contributed by atoms with Crippen molar-refractivity contribution in [1.29, 1.82) is 0 Å². The SMILES string of the molecule is CCCC/C=C/CCCCCCC(=O)OCC(COCCC(C(=O)[O-])[N+](C)(C)C)OC(=O)CCCCCCCCC. The highest BCUT2D eigenvalue weighted by Crippen LogP contribution is 2.12. The highest BCUT2D eigenvalue weighted by Gasteiger charge is 2.25. The second-order valence-electron chi connectivity index (χ2n) is 12.0. The third kappa shape index (κ3) is 24.4. The molecule has 0 fully saturated rings. The molecule has 0 heterocycles. The minimum absolute atomic E-state index is 0.0404. The van der Waals surface area contributed by atoms with E-state index in [0.29, 0.717) is 12.8 Å². The molecule has 0 aromatic carbocycles. The summed E-state index contributed by atoms with van der Waals surface area (Å²) in [7, 11) is 5.38. The lowest BCUT2D eigenvalue weighted by Gasteiger charge is -2.34. The Hall–Kier alpha value is -1.93. The van der Waals surface area contributed by atoms with Gasteiger partial charge in [0.15, 0.2) is 6.10 Å². The second-order valence-corrected chi connectivity index (χ2v) is 12.0. The summed E-state index contributed by atoms with van der Waals surface area (Å²) in [5.41, 5.74) is 0. The highest BCUT2D eigenvalue weighted by atomic mass is 16.6. The molecule has 0 aliphatic heterocycles. The Bertz CT molecular complexity index is 702. The van der Waals surface area contributed by atoms with E-state index in [1.165, 1.54) is 38.5 Å². The smallest absolute Gasteiger partial charge is 0.306 e. The van der Waals surface area contributed by atoms with Crippen molar-refractivity contribution in [2.45, 2.75) is 142 Å². The Balaban J connectivity index is 4.50. The Morgan fingerprint density at radius 3 is 1.83 bits per heavy atom. The average Bonchev–Trinajstić information content (AvgIpc) is 2.91. The molecule has 0 saturated heterocycles. The summed E-state index contributed by atoms with van der Waals surface area (Å²) in [6.45, 7) is 4.53. The van der Waals surface area contributed by atoms with Crippen LogP contribution in [-0.2, 0) is 28.6 Å². The molecule has 240 valence electrons. The third-order valence-corrected chi connectivity index (χ3v) is 7.15. The molecule has 0 aliphatic rings. The van der Waals surface area contributed by atoms with E-state index in [-0.39, 0.29) is 42.7 Å². The fraction of sp³-hybridized carbons (Fsp3) is 0.848. The summed E-state index contributed by atoms with van der Waals surface area (Å²) >= 11 is 0. The number of ether oxygens (including phenoxy) is 3. The van der Waals surface area contributed by atoms with E-state index >= 15 is 0 Å². The third-order valence-electron chi connectivity index (χ3n) is 7.15. The van der Waals surface area contributed by atoms with Gasteiger partial charge in [-0.3, -0.25) is 9.59 Å². The van der Waals surface area contributed by atoms with Gasteiger partial charge in [0.1, 0.15) is 12.6 Å². The average molecular weight is 584 g/mol. The Kier molecular flexibility index (Phi) is 24.5. The van der Waals surface area contributed by atoms with Gasteiger partial charge in [0.25, 0.3) is 0 Å². The zero-order valence-corrected chi connectivity index (χ0v) is 27.0. The van der Waals surface area contributed by atoms with Crippen LogP contribution in [0.25, 0.3) is 0 Å². The zero-order valence-electron chi connectivity index (χ0n) is 27.0. The lowest BCUT2D eigenvalue weighted by atomic mass is 10.1. The van der Waals surface area contributed by atoms with Crippen LogP contribution in [0.1, 0.15) is 129 Å².